The number of halogens is 1. The number of carbonyl (C=O) groups excluding carboxylic acids is 1. The molecular weight excluding hydrogens is 359 g/mol. The van der Waals surface area contributed by atoms with Gasteiger partial charge in [-0.25, -0.2) is 9.37 Å². The first-order chi connectivity index (χ1) is 13.5. The Balaban J connectivity index is 2.04. The lowest BCUT2D eigenvalue weighted by atomic mass is 10.1. The fourth-order valence-corrected chi connectivity index (χ4v) is 3.18. The molecule has 0 spiro atoms. The zero-order chi connectivity index (χ0) is 20.1. The minimum Gasteiger partial charge on any atom is -0.469 e. The van der Waals surface area contributed by atoms with Gasteiger partial charge in [-0.3, -0.25) is 14.2 Å². The van der Waals surface area contributed by atoms with Crippen LogP contribution in [0, 0.1) is 5.82 Å². The van der Waals surface area contributed by atoms with Crippen LogP contribution in [-0.2, 0) is 22.4 Å². The second kappa shape index (κ2) is 8.78. The van der Waals surface area contributed by atoms with E-state index in [2.05, 4.69) is 11.7 Å². The van der Waals surface area contributed by atoms with Gasteiger partial charge in [-0.15, -0.1) is 0 Å². The molecule has 0 saturated carbocycles. The van der Waals surface area contributed by atoms with Gasteiger partial charge in [0.2, 0.25) is 0 Å². The summed E-state index contributed by atoms with van der Waals surface area (Å²) in [5.74, 6) is -0.0185. The van der Waals surface area contributed by atoms with Crippen LogP contribution in [-0.4, -0.2) is 22.6 Å². The highest BCUT2D eigenvalue weighted by atomic mass is 19.1. The van der Waals surface area contributed by atoms with E-state index < -0.39 is 0 Å². The normalized spacial score (nSPS) is 11.0. The Morgan fingerprint density at radius 2 is 1.89 bits per heavy atom. The Kier molecular flexibility index (Phi) is 6.19. The Morgan fingerprint density at radius 1 is 1.14 bits per heavy atom. The molecule has 3 aromatic rings. The zero-order valence-corrected chi connectivity index (χ0v) is 16.1. The first kappa shape index (κ1) is 19.7. The molecule has 0 atom stereocenters. The number of aryl methyl sites for hydroxylation is 2. The van der Waals surface area contributed by atoms with Crippen molar-refractivity contribution >= 4 is 16.9 Å². The summed E-state index contributed by atoms with van der Waals surface area (Å²) >= 11 is 0. The number of esters is 1. The number of hydrogen-bond donors (Lipinski definition) is 0. The summed E-state index contributed by atoms with van der Waals surface area (Å²) in [6.45, 7) is 2.05. The van der Waals surface area contributed by atoms with Gasteiger partial charge in [-0.05, 0) is 61.2 Å². The maximum atomic E-state index is 13.4. The van der Waals surface area contributed by atoms with E-state index in [9.17, 15) is 14.0 Å². The highest BCUT2D eigenvalue weighted by Crippen LogP contribution is 2.17. The maximum absolute atomic E-state index is 13.4. The Bertz CT molecular complexity index is 1040. The van der Waals surface area contributed by atoms with Crippen LogP contribution in [0.5, 0.6) is 0 Å². The number of methoxy groups -OCH3 is 1. The third kappa shape index (κ3) is 4.27. The number of unbranched alkanes of at least 4 members (excludes halogenated alkanes) is 1. The van der Waals surface area contributed by atoms with E-state index in [-0.39, 0.29) is 17.3 Å². The predicted octanol–water partition coefficient (Wildman–Crippen LogP) is 3.97. The quantitative estimate of drug-likeness (QED) is 0.458. The van der Waals surface area contributed by atoms with Gasteiger partial charge in [0, 0.05) is 12.8 Å². The van der Waals surface area contributed by atoms with Gasteiger partial charge in [-0.1, -0.05) is 13.0 Å². The fourth-order valence-electron chi connectivity index (χ4n) is 3.18. The average Bonchev–Trinajstić information content (AvgIpc) is 2.71. The topological polar surface area (TPSA) is 61.2 Å². The third-order valence-electron chi connectivity index (χ3n) is 4.76. The number of fused-ring (bicyclic) bond motifs is 1. The summed E-state index contributed by atoms with van der Waals surface area (Å²) in [5.41, 5.74) is 2.16. The Hall–Kier alpha value is -3.02. The molecule has 6 heteroatoms. The molecule has 0 amide bonds. The third-order valence-corrected chi connectivity index (χ3v) is 4.76. The van der Waals surface area contributed by atoms with Gasteiger partial charge in [-0.2, -0.15) is 0 Å². The molecule has 0 bridgehead atoms. The van der Waals surface area contributed by atoms with E-state index in [1.54, 1.807) is 18.2 Å². The second-order valence-corrected chi connectivity index (χ2v) is 6.63. The van der Waals surface area contributed by atoms with Crippen LogP contribution >= 0.6 is 0 Å². The molecule has 5 nitrogen and oxygen atoms in total. The minimum atomic E-state index is -0.363. The molecule has 0 radical (unpaired) electrons. The molecule has 0 unspecified atom stereocenters. The number of rotatable bonds is 7. The van der Waals surface area contributed by atoms with Gasteiger partial charge in [0.15, 0.2) is 0 Å². The van der Waals surface area contributed by atoms with Crippen LogP contribution < -0.4 is 5.56 Å². The van der Waals surface area contributed by atoms with E-state index in [0.717, 1.165) is 12.0 Å². The first-order valence-corrected chi connectivity index (χ1v) is 9.40. The smallest absolute Gasteiger partial charge is 0.305 e. The van der Waals surface area contributed by atoms with Gasteiger partial charge >= 0.3 is 5.97 Å². The van der Waals surface area contributed by atoms with E-state index >= 15 is 0 Å². The van der Waals surface area contributed by atoms with Crippen molar-refractivity contribution in [2.24, 2.45) is 0 Å². The van der Waals surface area contributed by atoms with Gasteiger partial charge in [0.25, 0.3) is 5.56 Å². The van der Waals surface area contributed by atoms with E-state index in [0.29, 0.717) is 48.1 Å². The molecule has 0 fully saturated rings. The summed E-state index contributed by atoms with van der Waals surface area (Å²) in [7, 11) is 1.37. The SMILES string of the molecule is CCc1ccc2c(=O)n(-c3ccc(F)cc3)c(CCCCC(=O)OC)nc2c1. The molecule has 28 heavy (non-hydrogen) atoms. The minimum absolute atomic E-state index is 0.178. The van der Waals surface area contributed by atoms with Crippen molar-refractivity contribution in [3.63, 3.8) is 0 Å². The number of nitrogens with zero attached hydrogens (tertiary/aromatic N) is 2. The molecule has 1 heterocycles. The summed E-state index contributed by atoms with van der Waals surface area (Å²) in [6.07, 6.45) is 3.02. The van der Waals surface area contributed by atoms with Crippen molar-refractivity contribution < 1.29 is 13.9 Å². The van der Waals surface area contributed by atoms with Crippen molar-refractivity contribution in [3.05, 3.63) is 70.0 Å². The molecule has 0 saturated heterocycles. The number of hydrogen-bond acceptors (Lipinski definition) is 4. The summed E-state index contributed by atoms with van der Waals surface area (Å²) < 4.78 is 19.5. The molecular formula is C22H23FN2O3. The van der Waals surface area contributed by atoms with Gasteiger partial charge in [0.1, 0.15) is 11.6 Å². The number of benzene rings is 2. The van der Waals surface area contributed by atoms with E-state index in [1.165, 1.54) is 23.8 Å². The maximum Gasteiger partial charge on any atom is 0.305 e. The molecule has 0 N–H and O–H groups in total. The lowest BCUT2D eigenvalue weighted by Gasteiger charge is -2.14. The summed E-state index contributed by atoms with van der Waals surface area (Å²) in [4.78, 5) is 29.2. The van der Waals surface area contributed by atoms with Crippen LogP contribution in [0.1, 0.15) is 37.6 Å². The van der Waals surface area contributed by atoms with Crippen LogP contribution in [0.15, 0.2) is 47.3 Å². The van der Waals surface area contributed by atoms with Crippen molar-refractivity contribution in [1.29, 1.82) is 0 Å². The molecule has 0 aliphatic heterocycles. The summed E-state index contributed by atoms with van der Waals surface area (Å²) in [5, 5.41) is 0.528. The molecule has 146 valence electrons. The highest BCUT2D eigenvalue weighted by molar-refractivity contribution is 5.78. The second-order valence-electron chi connectivity index (χ2n) is 6.63. The summed E-state index contributed by atoms with van der Waals surface area (Å²) in [6, 6.07) is 11.5. The van der Waals surface area contributed by atoms with Crippen molar-refractivity contribution in [1.82, 2.24) is 9.55 Å². The lowest BCUT2D eigenvalue weighted by Crippen LogP contribution is -2.24. The van der Waals surface area contributed by atoms with Crippen molar-refractivity contribution in [3.8, 4) is 5.69 Å². The number of ether oxygens (including phenoxy) is 1. The Morgan fingerprint density at radius 3 is 2.57 bits per heavy atom. The van der Waals surface area contributed by atoms with E-state index in [1.807, 2.05) is 12.1 Å². The van der Waals surface area contributed by atoms with Crippen LogP contribution in [0.3, 0.4) is 0 Å². The molecule has 1 aromatic heterocycles. The first-order valence-electron chi connectivity index (χ1n) is 9.40. The standard InChI is InChI=1S/C22H23FN2O3/c1-3-15-8-13-18-19(14-15)24-20(6-4-5-7-21(26)28-2)25(22(18)27)17-11-9-16(23)10-12-17/h8-14H,3-7H2,1-2H3. The number of aromatic nitrogens is 2. The van der Waals surface area contributed by atoms with Crippen molar-refractivity contribution in [2.75, 3.05) is 7.11 Å². The largest absolute Gasteiger partial charge is 0.469 e. The Labute approximate surface area is 162 Å². The van der Waals surface area contributed by atoms with E-state index in [4.69, 9.17) is 4.98 Å². The molecule has 0 aliphatic carbocycles. The zero-order valence-electron chi connectivity index (χ0n) is 16.1. The van der Waals surface area contributed by atoms with Crippen LogP contribution in [0.4, 0.5) is 4.39 Å². The lowest BCUT2D eigenvalue weighted by molar-refractivity contribution is -0.140. The van der Waals surface area contributed by atoms with Gasteiger partial charge < -0.3 is 4.74 Å². The molecule has 0 aliphatic rings. The number of carbonyl (C=O) groups is 1. The van der Waals surface area contributed by atoms with Crippen molar-refractivity contribution in [2.45, 2.75) is 39.0 Å². The van der Waals surface area contributed by atoms with Gasteiger partial charge in [0.05, 0.1) is 23.7 Å². The predicted molar refractivity (Wildman–Crippen MR) is 106 cm³/mol. The monoisotopic (exact) mass is 382 g/mol. The highest BCUT2D eigenvalue weighted by Gasteiger charge is 2.13. The van der Waals surface area contributed by atoms with Crippen LogP contribution in [0.25, 0.3) is 16.6 Å². The molecule has 3 rings (SSSR count). The fraction of sp³-hybridized carbons (Fsp3) is 0.318. The molecule has 2 aromatic carbocycles. The average molecular weight is 382 g/mol. The van der Waals surface area contributed by atoms with Crippen LogP contribution in [0.2, 0.25) is 0 Å².